The summed E-state index contributed by atoms with van der Waals surface area (Å²) in [5.41, 5.74) is 10.5. The predicted molar refractivity (Wildman–Crippen MR) is 204 cm³/mol. The summed E-state index contributed by atoms with van der Waals surface area (Å²) in [6.07, 6.45) is 6.90. The molecule has 232 valence electrons. The van der Waals surface area contributed by atoms with E-state index in [0.29, 0.717) is 0 Å². The van der Waals surface area contributed by atoms with Crippen LogP contribution in [0.5, 0.6) is 0 Å². The van der Waals surface area contributed by atoms with Crippen molar-refractivity contribution < 1.29 is 0 Å². The van der Waals surface area contributed by atoms with Gasteiger partial charge >= 0.3 is 0 Å². The molecule has 1 saturated carbocycles. The van der Waals surface area contributed by atoms with Crippen molar-refractivity contribution in [1.82, 2.24) is 4.98 Å². The van der Waals surface area contributed by atoms with E-state index in [4.69, 9.17) is 0 Å². The molecule has 1 fully saturated rings. The van der Waals surface area contributed by atoms with Gasteiger partial charge in [-0.2, -0.15) is 0 Å². The standard InChI is InChI=1S/C46H38N2/c1-29-27-34(23-26-47-29)48-42-22-17-33(28-41(42)45(2)24-6-7-25-46(45,48)3)36-18-13-31-16-21-40-38(19-14-32-15-20-39(36)43(31)44(32)40)37-12-8-10-30-9-4-5-11-35(30)37/h4-5,8-23,26-28H,6-7,24-25H2,1-3H3. The summed E-state index contributed by atoms with van der Waals surface area (Å²) in [7, 11) is 0. The van der Waals surface area contributed by atoms with Gasteiger partial charge < -0.3 is 4.90 Å². The van der Waals surface area contributed by atoms with Crippen molar-refractivity contribution in [1.29, 1.82) is 0 Å². The lowest BCUT2D eigenvalue weighted by Gasteiger charge is -2.50. The lowest BCUT2D eigenvalue weighted by Crippen LogP contribution is -2.54. The van der Waals surface area contributed by atoms with Crippen LogP contribution in [0.1, 0.15) is 50.8 Å². The minimum Gasteiger partial charge on any atom is -0.334 e. The zero-order valence-electron chi connectivity index (χ0n) is 27.8. The molecular formula is C46H38N2. The fraction of sp³-hybridized carbons (Fsp3) is 0.196. The third-order valence-corrected chi connectivity index (χ3v) is 12.3. The summed E-state index contributed by atoms with van der Waals surface area (Å²) in [6.45, 7) is 7.14. The van der Waals surface area contributed by atoms with Crippen molar-refractivity contribution in [2.75, 3.05) is 4.90 Å². The first-order valence-corrected chi connectivity index (χ1v) is 17.5. The molecule has 0 bridgehead atoms. The van der Waals surface area contributed by atoms with Crippen LogP contribution in [0.2, 0.25) is 0 Å². The molecule has 0 N–H and O–H groups in total. The molecule has 0 amide bonds. The highest BCUT2D eigenvalue weighted by Crippen LogP contribution is 2.61. The van der Waals surface area contributed by atoms with Crippen LogP contribution in [-0.2, 0) is 5.41 Å². The second kappa shape index (κ2) is 9.90. The quantitative estimate of drug-likeness (QED) is 0.183. The maximum absolute atomic E-state index is 4.54. The highest BCUT2D eigenvalue weighted by Gasteiger charge is 2.57. The maximum atomic E-state index is 4.54. The average Bonchev–Trinajstić information content (AvgIpc) is 3.33. The van der Waals surface area contributed by atoms with E-state index in [2.05, 4.69) is 152 Å². The van der Waals surface area contributed by atoms with E-state index in [1.54, 1.807) is 0 Å². The summed E-state index contributed by atoms with van der Waals surface area (Å²) in [6, 6.07) is 45.9. The normalized spacial score (nSPS) is 20.6. The number of nitrogens with zero attached hydrogens (tertiary/aromatic N) is 2. The Balaban J connectivity index is 1.19. The van der Waals surface area contributed by atoms with Gasteiger partial charge in [0.15, 0.2) is 0 Å². The number of hydrogen-bond donors (Lipinski definition) is 0. The Kier molecular flexibility index (Phi) is 5.75. The first-order valence-electron chi connectivity index (χ1n) is 17.5. The molecule has 2 atom stereocenters. The molecule has 0 saturated heterocycles. The summed E-state index contributed by atoms with van der Waals surface area (Å²) in [5.74, 6) is 0. The number of anilines is 2. The van der Waals surface area contributed by atoms with Gasteiger partial charge in [0.05, 0.1) is 5.54 Å². The van der Waals surface area contributed by atoms with Gasteiger partial charge in [-0.15, -0.1) is 0 Å². The van der Waals surface area contributed by atoms with Gasteiger partial charge in [0.1, 0.15) is 0 Å². The number of aryl methyl sites for hydroxylation is 1. The molecule has 48 heavy (non-hydrogen) atoms. The molecule has 2 heteroatoms. The van der Waals surface area contributed by atoms with E-state index in [0.717, 1.165) is 5.69 Å². The third-order valence-electron chi connectivity index (χ3n) is 12.3. The molecule has 0 spiro atoms. The monoisotopic (exact) mass is 618 g/mol. The van der Waals surface area contributed by atoms with E-state index < -0.39 is 0 Å². The molecule has 1 aliphatic carbocycles. The van der Waals surface area contributed by atoms with Crippen molar-refractivity contribution in [3.63, 3.8) is 0 Å². The molecular weight excluding hydrogens is 581 g/mol. The van der Waals surface area contributed by atoms with E-state index in [-0.39, 0.29) is 11.0 Å². The largest absolute Gasteiger partial charge is 0.334 e. The number of pyridine rings is 1. The van der Waals surface area contributed by atoms with E-state index in [1.807, 2.05) is 6.20 Å². The number of aromatic nitrogens is 1. The minimum absolute atomic E-state index is 0.0146. The van der Waals surface area contributed by atoms with Crippen LogP contribution in [0.15, 0.2) is 128 Å². The summed E-state index contributed by atoms with van der Waals surface area (Å²) in [4.78, 5) is 7.19. The Bertz CT molecular complexity index is 2570. The second-order valence-corrected chi connectivity index (χ2v) is 14.7. The molecule has 0 radical (unpaired) electrons. The minimum atomic E-state index is 0.0146. The van der Waals surface area contributed by atoms with Crippen LogP contribution in [0, 0.1) is 6.92 Å². The summed E-state index contributed by atoms with van der Waals surface area (Å²) >= 11 is 0. The molecule has 10 rings (SSSR count). The fourth-order valence-corrected chi connectivity index (χ4v) is 9.72. The Labute approximate surface area is 282 Å². The van der Waals surface area contributed by atoms with Crippen LogP contribution in [0.4, 0.5) is 11.4 Å². The molecule has 2 aliphatic rings. The first-order chi connectivity index (χ1) is 23.4. The highest BCUT2D eigenvalue weighted by molar-refractivity contribution is 6.28. The number of hydrogen-bond acceptors (Lipinski definition) is 2. The maximum Gasteiger partial charge on any atom is 0.0517 e. The highest BCUT2D eigenvalue weighted by atomic mass is 15.3. The van der Waals surface area contributed by atoms with Gasteiger partial charge in [0, 0.05) is 28.7 Å². The average molecular weight is 619 g/mol. The molecule has 7 aromatic carbocycles. The van der Waals surface area contributed by atoms with Gasteiger partial charge in [-0.3, -0.25) is 4.98 Å². The van der Waals surface area contributed by atoms with Crippen LogP contribution in [0.3, 0.4) is 0 Å². The zero-order chi connectivity index (χ0) is 32.2. The van der Waals surface area contributed by atoms with Crippen molar-refractivity contribution >= 4 is 54.5 Å². The lowest BCUT2D eigenvalue weighted by atomic mass is 9.61. The Morgan fingerprint density at radius 1 is 0.583 bits per heavy atom. The molecule has 2 nitrogen and oxygen atoms in total. The van der Waals surface area contributed by atoms with E-state index in [9.17, 15) is 0 Å². The van der Waals surface area contributed by atoms with Gasteiger partial charge in [0.25, 0.3) is 0 Å². The molecule has 1 aliphatic heterocycles. The number of benzene rings is 7. The third kappa shape index (κ3) is 3.66. The van der Waals surface area contributed by atoms with E-state index >= 15 is 0 Å². The molecule has 2 heterocycles. The van der Waals surface area contributed by atoms with Crippen LogP contribution < -0.4 is 4.90 Å². The topological polar surface area (TPSA) is 16.1 Å². The van der Waals surface area contributed by atoms with Crippen molar-refractivity contribution in [2.45, 2.75) is 57.4 Å². The van der Waals surface area contributed by atoms with Crippen LogP contribution in [0.25, 0.3) is 65.3 Å². The van der Waals surface area contributed by atoms with E-state index in [1.165, 1.54) is 108 Å². The molecule has 2 unspecified atom stereocenters. The number of fused-ring (bicyclic) bond motifs is 4. The smallest absolute Gasteiger partial charge is 0.0517 e. The Morgan fingerprint density at radius 3 is 2.08 bits per heavy atom. The Hall–Kier alpha value is -5.21. The summed E-state index contributed by atoms with van der Waals surface area (Å²) in [5, 5.41) is 10.6. The van der Waals surface area contributed by atoms with Gasteiger partial charge in [0.2, 0.25) is 0 Å². The SMILES string of the molecule is Cc1cc(N2c3ccc(-c4ccc5ccc6c(-c7cccc8ccccc78)ccc7ccc4c5c76)cc3C3(C)CCCCC23C)ccn1. The number of rotatable bonds is 3. The van der Waals surface area contributed by atoms with Crippen molar-refractivity contribution in [2.24, 2.45) is 0 Å². The van der Waals surface area contributed by atoms with Crippen LogP contribution >= 0.6 is 0 Å². The van der Waals surface area contributed by atoms with Crippen LogP contribution in [-0.4, -0.2) is 10.5 Å². The molecule has 8 aromatic rings. The zero-order valence-corrected chi connectivity index (χ0v) is 27.8. The van der Waals surface area contributed by atoms with Crippen molar-refractivity contribution in [3.8, 4) is 22.3 Å². The van der Waals surface area contributed by atoms with Gasteiger partial charge in [-0.1, -0.05) is 117 Å². The van der Waals surface area contributed by atoms with Gasteiger partial charge in [-0.25, -0.2) is 0 Å². The fourth-order valence-electron chi connectivity index (χ4n) is 9.72. The first kappa shape index (κ1) is 27.9. The lowest BCUT2D eigenvalue weighted by molar-refractivity contribution is 0.195. The second-order valence-electron chi connectivity index (χ2n) is 14.7. The van der Waals surface area contributed by atoms with Crippen molar-refractivity contribution in [3.05, 3.63) is 139 Å². The molecule has 1 aromatic heterocycles. The predicted octanol–water partition coefficient (Wildman–Crippen LogP) is 12.5. The Morgan fingerprint density at radius 2 is 1.27 bits per heavy atom. The summed E-state index contributed by atoms with van der Waals surface area (Å²) < 4.78 is 0. The van der Waals surface area contributed by atoms with Gasteiger partial charge in [-0.05, 0) is 122 Å².